The fourth-order valence-corrected chi connectivity index (χ4v) is 3.60. The topological polar surface area (TPSA) is 61.4 Å². The lowest BCUT2D eigenvalue weighted by Gasteiger charge is -2.10. The molecule has 0 atom stereocenters. The molecule has 5 heteroatoms. The number of carbonyl (C=O) groups excluding carboxylic acids is 2. The van der Waals surface area contributed by atoms with E-state index in [2.05, 4.69) is 4.57 Å². The minimum absolute atomic E-state index is 0.239. The number of fused-ring (bicyclic) bond motifs is 1. The van der Waals surface area contributed by atoms with Crippen LogP contribution in [0.5, 0.6) is 0 Å². The third-order valence-electron chi connectivity index (χ3n) is 4.89. The van der Waals surface area contributed by atoms with Gasteiger partial charge in [0.2, 0.25) is 5.78 Å². The number of nitrogens with zero attached hydrogens (tertiary/aromatic N) is 1. The van der Waals surface area contributed by atoms with E-state index in [-0.39, 0.29) is 12.4 Å². The first-order valence-corrected chi connectivity index (χ1v) is 9.77. The van der Waals surface area contributed by atoms with Crippen LogP contribution < -0.4 is 0 Å². The maximum Gasteiger partial charge on any atom is 0.331 e. The highest BCUT2D eigenvalue weighted by Crippen LogP contribution is 2.34. The molecule has 0 saturated heterocycles. The van der Waals surface area contributed by atoms with Crippen molar-refractivity contribution in [2.24, 2.45) is 0 Å². The number of para-hydroxylation sites is 1. The van der Waals surface area contributed by atoms with Gasteiger partial charge in [0.1, 0.15) is 5.76 Å². The number of furan rings is 1. The predicted octanol–water partition coefficient (Wildman–Crippen LogP) is 5.36. The van der Waals surface area contributed by atoms with Crippen LogP contribution in [0.15, 0.2) is 83.5 Å². The summed E-state index contributed by atoms with van der Waals surface area (Å²) in [6.45, 7) is 2.43. The Balaban J connectivity index is 1.66. The first kappa shape index (κ1) is 19.5. The summed E-state index contributed by atoms with van der Waals surface area (Å²) < 4.78 is 12.5. The summed E-state index contributed by atoms with van der Waals surface area (Å²) in [5.74, 6) is -0.298. The molecular formula is C25H21NO4. The van der Waals surface area contributed by atoms with Gasteiger partial charge in [0.15, 0.2) is 6.61 Å². The van der Waals surface area contributed by atoms with Gasteiger partial charge >= 0.3 is 5.97 Å². The van der Waals surface area contributed by atoms with E-state index in [0.717, 1.165) is 22.2 Å². The average molecular weight is 399 g/mol. The third-order valence-corrected chi connectivity index (χ3v) is 4.89. The van der Waals surface area contributed by atoms with E-state index in [4.69, 9.17) is 9.15 Å². The van der Waals surface area contributed by atoms with E-state index in [1.165, 1.54) is 18.4 Å². The zero-order chi connectivity index (χ0) is 20.9. The van der Waals surface area contributed by atoms with E-state index in [1.807, 2.05) is 61.5 Å². The molecule has 5 nitrogen and oxygen atoms in total. The van der Waals surface area contributed by atoms with Gasteiger partial charge in [0, 0.05) is 23.5 Å². The molecule has 4 aromatic rings. The van der Waals surface area contributed by atoms with Crippen molar-refractivity contribution in [3.05, 3.63) is 90.4 Å². The van der Waals surface area contributed by atoms with Gasteiger partial charge in [0.25, 0.3) is 0 Å². The molecule has 0 bridgehead atoms. The van der Waals surface area contributed by atoms with Crippen LogP contribution in [0, 0.1) is 0 Å². The number of benzene rings is 2. The molecule has 30 heavy (non-hydrogen) atoms. The zero-order valence-electron chi connectivity index (χ0n) is 16.6. The molecule has 4 rings (SSSR count). The molecule has 0 aliphatic heterocycles. The number of rotatable bonds is 7. The number of ether oxygens (including phenoxy) is 1. The molecule has 0 saturated carbocycles. The summed E-state index contributed by atoms with van der Waals surface area (Å²) >= 11 is 0. The van der Waals surface area contributed by atoms with Gasteiger partial charge in [-0.2, -0.15) is 0 Å². The standard InChI is InChI=1S/C25H21NO4/c1-2-26-21-13-7-6-12-20(21)24(25(26)18-9-4-3-5-10-18)22(27)17-30-23(28)15-14-19-11-8-16-29-19/h3-16H,2,17H2,1H3. The maximum absolute atomic E-state index is 13.2. The highest BCUT2D eigenvalue weighted by Gasteiger charge is 2.23. The number of carbonyl (C=O) groups is 2. The van der Waals surface area contributed by atoms with Crippen molar-refractivity contribution < 1.29 is 18.7 Å². The number of hydrogen-bond acceptors (Lipinski definition) is 4. The van der Waals surface area contributed by atoms with Crippen molar-refractivity contribution in [3.63, 3.8) is 0 Å². The SMILES string of the molecule is CCn1c(-c2ccccc2)c(C(=O)COC(=O)C=Cc2ccco2)c2ccccc21. The van der Waals surface area contributed by atoms with Gasteiger partial charge in [-0.05, 0) is 36.8 Å². The van der Waals surface area contributed by atoms with E-state index in [1.54, 1.807) is 12.1 Å². The number of Topliss-reactive ketones (excluding diaryl/α,β-unsaturated/α-hetero) is 1. The molecule has 0 fully saturated rings. The fraction of sp³-hybridized carbons (Fsp3) is 0.120. The summed E-state index contributed by atoms with van der Waals surface area (Å²) in [6.07, 6.45) is 4.27. The van der Waals surface area contributed by atoms with Crippen LogP contribution in [0.1, 0.15) is 23.0 Å². The minimum Gasteiger partial charge on any atom is -0.465 e. The number of aromatic nitrogens is 1. The van der Waals surface area contributed by atoms with E-state index in [0.29, 0.717) is 17.9 Å². The van der Waals surface area contributed by atoms with Crippen LogP contribution in [0.3, 0.4) is 0 Å². The second-order valence-electron chi connectivity index (χ2n) is 6.73. The van der Waals surface area contributed by atoms with Gasteiger partial charge in [-0.3, -0.25) is 4.79 Å². The Hall–Kier alpha value is -3.86. The highest BCUT2D eigenvalue weighted by molar-refractivity contribution is 6.14. The summed E-state index contributed by atoms with van der Waals surface area (Å²) in [5.41, 5.74) is 3.34. The minimum atomic E-state index is -0.597. The van der Waals surface area contributed by atoms with Crippen LogP contribution in [0.25, 0.3) is 28.2 Å². The highest BCUT2D eigenvalue weighted by atomic mass is 16.5. The Morgan fingerprint density at radius 3 is 2.50 bits per heavy atom. The molecule has 0 amide bonds. The summed E-state index contributed by atoms with van der Waals surface area (Å²) in [5, 5.41) is 0.852. The van der Waals surface area contributed by atoms with Crippen LogP contribution >= 0.6 is 0 Å². The molecule has 0 spiro atoms. The lowest BCUT2D eigenvalue weighted by atomic mass is 10.0. The Morgan fingerprint density at radius 1 is 1.00 bits per heavy atom. The van der Waals surface area contributed by atoms with Gasteiger partial charge in [0.05, 0.1) is 17.5 Å². The molecule has 2 aromatic heterocycles. The van der Waals surface area contributed by atoms with Crippen LogP contribution in [0.4, 0.5) is 0 Å². The number of ketones is 1. The summed E-state index contributed by atoms with van der Waals surface area (Å²) in [4.78, 5) is 25.2. The zero-order valence-corrected chi connectivity index (χ0v) is 16.6. The van der Waals surface area contributed by atoms with Gasteiger partial charge in [-0.25, -0.2) is 4.79 Å². The summed E-state index contributed by atoms with van der Waals surface area (Å²) in [7, 11) is 0. The van der Waals surface area contributed by atoms with Crippen molar-refractivity contribution in [3.8, 4) is 11.3 Å². The van der Waals surface area contributed by atoms with Crippen molar-refractivity contribution in [2.75, 3.05) is 6.61 Å². The Kier molecular flexibility index (Phi) is 5.61. The Labute approximate surface area is 174 Å². The lowest BCUT2D eigenvalue weighted by Crippen LogP contribution is -2.13. The predicted molar refractivity (Wildman–Crippen MR) is 116 cm³/mol. The van der Waals surface area contributed by atoms with Crippen molar-refractivity contribution in [2.45, 2.75) is 13.5 Å². The van der Waals surface area contributed by atoms with Gasteiger partial charge < -0.3 is 13.7 Å². The van der Waals surface area contributed by atoms with E-state index < -0.39 is 5.97 Å². The van der Waals surface area contributed by atoms with Crippen molar-refractivity contribution in [1.82, 2.24) is 4.57 Å². The first-order valence-electron chi connectivity index (χ1n) is 9.77. The molecule has 0 radical (unpaired) electrons. The average Bonchev–Trinajstić information content (AvgIpc) is 3.42. The first-order chi connectivity index (χ1) is 14.7. The maximum atomic E-state index is 13.2. The number of aryl methyl sites for hydroxylation is 1. The molecule has 0 aliphatic rings. The normalized spacial score (nSPS) is 11.2. The molecule has 0 unspecified atom stereocenters. The van der Waals surface area contributed by atoms with Gasteiger partial charge in [-0.15, -0.1) is 0 Å². The second kappa shape index (κ2) is 8.66. The molecule has 2 aromatic carbocycles. The van der Waals surface area contributed by atoms with E-state index >= 15 is 0 Å². The number of esters is 1. The fourth-order valence-electron chi connectivity index (χ4n) is 3.60. The van der Waals surface area contributed by atoms with E-state index in [9.17, 15) is 9.59 Å². The van der Waals surface area contributed by atoms with Crippen LogP contribution in [-0.4, -0.2) is 22.9 Å². The Bertz CT molecular complexity index is 1200. The number of hydrogen-bond donors (Lipinski definition) is 0. The van der Waals surface area contributed by atoms with Crippen LogP contribution in [-0.2, 0) is 16.1 Å². The monoisotopic (exact) mass is 399 g/mol. The van der Waals surface area contributed by atoms with Crippen molar-refractivity contribution in [1.29, 1.82) is 0 Å². The quantitative estimate of drug-likeness (QED) is 0.238. The van der Waals surface area contributed by atoms with Crippen molar-refractivity contribution >= 4 is 28.7 Å². The molecule has 0 aliphatic carbocycles. The molecule has 2 heterocycles. The van der Waals surface area contributed by atoms with Gasteiger partial charge in [-0.1, -0.05) is 48.5 Å². The summed E-state index contributed by atoms with van der Waals surface area (Å²) in [6, 6.07) is 21.0. The molecule has 150 valence electrons. The third kappa shape index (κ3) is 3.82. The Morgan fingerprint density at radius 2 is 1.77 bits per heavy atom. The molecule has 0 N–H and O–H groups in total. The smallest absolute Gasteiger partial charge is 0.331 e. The van der Waals surface area contributed by atoms with Crippen LogP contribution in [0.2, 0.25) is 0 Å². The lowest BCUT2D eigenvalue weighted by molar-refractivity contribution is -0.136. The largest absolute Gasteiger partial charge is 0.465 e. The second-order valence-corrected chi connectivity index (χ2v) is 6.73. The molecular weight excluding hydrogens is 378 g/mol.